The molecule has 2 rings (SSSR count). The molecule has 1 aromatic carbocycles. The van der Waals surface area contributed by atoms with Crippen LogP contribution in [-0.2, 0) is 0 Å². The first kappa shape index (κ1) is 23.3. The molecule has 29 heavy (non-hydrogen) atoms. The van der Waals surface area contributed by atoms with Gasteiger partial charge in [-0.25, -0.2) is 0 Å². The average Bonchev–Trinajstić information content (AvgIpc) is 2.74. The Bertz CT molecular complexity index is 637. The normalized spacial score (nSPS) is 13.9. The van der Waals surface area contributed by atoms with Crippen molar-refractivity contribution in [1.82, 2.24) is 4.90 Å². The second-order valence-electron chi connectivity index (χ2n) is 8.52. The van der Waals surface area contributed by atoms with E-state index in [1.165, 1.54) is 87.6 Å². The highest BCUT2D eigenvalue weighted by atomic mass is 15.1. The fraction of sp³-hybridized carbons (Fsp3) is 0.556. The molecule has 0 N–H and O–H groups in total. The fourth-order valence-corrected chi connectivity index (χ4v) is 3.71. The van der Waals surface area contributed by atoms with Crippen LogP contribution in [-0.4, -0.2) is 32.1 Å². The zero-order valence-corrected chi connectivity index (χ0v) is 19.1. The molecule has 0 spiro atoms. The molecule has 0 saturated carbocycles. The number of hydrogen-bond donors (Lipinski definition) is 0. The summed E-state index contributed by atoms with van der Waals surface area (Å²) in [5, 5.41) is 0. The van der Waals surface area contributed by atoms with E-state index in [-0.39, 0.29) is 0 Å². The van der Waals surface area contributed by atoms with Crippen molar-refractivity contribution in [2.75, 3.05) is 32.1 Å². The molecular formula is C27H42N2. The highest BCUT2D eigenvalue weighted by molar-refractivity contribution is 5.58. The Morgan fingerprint density at radius 3 is 2.00 bits per heavy atom. The molecule has 0 bridgehead atoms. The van der Waals surface area contributed by atoms with Crippen LogP contribution in [0.1, 0.15) is 76.7 Å². The third-order valence-electron chi connectivity index (χ3n) is 5.72. The van der Waals surface area contributed by atoms with Crippen LogP contribution in [0.15, 0.2) is 54.3 Å². The molecule has 0 aliphatic carbocycles. The van der Waals surface area contributed by atoms with Crippen molar-refractivity contribution in [3.63, 3.8) is 0 Å². The van der Waals surface area contributed by atoms with E-state index >= 15 is 0 Å². The Labute approximate surface area is 180 Å². The van der Waals surface area contributed by atoms with Gasteiger partial charge in [0.1, 0.15) is 0 Å². The van der Waals surface area contributed by atoms with Crippen molar-refractivity contribution in [2.24, 2.45) is 0 Å². The first-order valence-corrected chi connectivity index (χ1v) is 11.8. The highest BCUT2D eigenvalue weighted by Crippen LogP contribution is 2.16. The lowest BCUT2D eigenvalue weighted by Gasteiger charge is -2.22. The van der Waals surface area contributed by atoms with Gasteiger partial charge in [0.15, 0.2) is 0 Å². The third kappa shape index (κ3) is 9.87. The topological polar surface area (TPSA) is 6.48 Å². The quantitative estimate of drug-likeness (QED) is 0.302. The predicted octanol–water partition coefficient (Wildman–Crippen LogP) is 7.44. The van der Waals surface area contributed by atoms with E-state index in [2.05, 4.69) is 85.6 Å². The first-order valence-electron chi connectivity index (χ1n) is 11.8. The summed E-state index contributed by atoms with van der Waals surface area (Å²) in [7, 11) is 4.15. The van der Waals surface area contributed by atoms with E-state index in [4.69, 9.17) is 0 Å². The predicted molar refractivity (Wildman–Crippen MR) is 130 cm³/mol. The van der Waals surface area contributed by atoms with E-state index in [1.807, 2.05) is 0 Å². The Morgan fingerprint density at radius 2 is 1.45 bits per heavy atom. The van der Waals surface area contributed by atoms with Crippen LogP contribution in [0.5, 0.6) is 0 Å². The molecule has 0 fully saturated rings. The lowest BCUT2D eigenvalue weighted by molar-refractivity contribution is 0.391. The van der Waals surface area contributed by atoms with Crippen molar-refractivity contribution in [2.45, 2.75) is 71.1 Å². The van der Waals surface area contributed by atoms with Gasteiger partial charge in [-0.2, -0.15) is 0 Å². The Kier molecular flexibility index (Phi) is 11.3. The first-order chi connectivity index (χ1) is 14.2. The van der Waals surface area contributed by atoms with Gasteiger partial charge in [0, 0.05) is 32.9 Å². The number of unbranched alkanes of at least 4 members (excludes halogenated alkanes) is 9. The zero-order chi connectivity index (χ0) is 20.7. The lowest BCUT2D eigenvalue weighted by atomic mass is 10.1. The van der Waals surface area contributed by atoms with Crippen LogP contribution < -0.4 is 4.90 Å². The smallest absolute Gasteiger partial charge is 0.0362 e. The minimum atomic E-state index is 1.03. The van der Waals surface area contributed by atoms with Crippen molar-refractivity contribution >= 4 is 11.8 Å². The fourth-order valence-electron chi connectivity index (χ4n) is 3.71. The van der Waals surface area contributed by atoms with Crippen molar-refractivity contribution in [3.05, 3.63) is 59.8 Å². The molecule has 0 radical (unpaired) electrons. The Hall–Kier alpha value is -1.96. The largest absolute Gasteiger partial charge is 0.378 e. The number of nitrogens with zero attached hydrogens (tertiary/aromatic N) is 2. The summed E-state index contributed by atoms with van der Waals surface area (Å²) in [6.07, 6.45) is 25.3. The van der Waals surface area contributed by atoms with Gasteiger partial charge in [-0.1, -0.05) is 95.1 Å². The van der Waals surface area contributed by atoms with Crippen LogP contribution in [0.4, 0.5) is 5.69 Å². The summed E-state index contributed by atoms with van der Waals surface area (Å²) in [6, 6.07) is 8.69. The summed E-state index contributed by atoms with van der Waals surface area (Å²) in [5.74, 6) is 0. The molecular weight excluding hydrogens is 352 g/mol. The van der Waals surface area contributed by atoms with Crippen LogP contribution in [0.2, 0.25) is 0 Å². The third-order valence-corrected chi connectivity index (χ3v) is 5.72. The van der Waals surface area contributed by atoms with Gasteiger partial charge in [-0.15, -0.1) is 0 Å². The number of benzene rings is 1. The van der Waals surface area contributed by atoms with Crippen molar-refractivity contribution in [1.29, 1.82) is 0 Å². The van der Waals surface area contributed by atoms with Gasteiger partial charge in [-0.3, -0.25) is 0 Å². The Morgan fingerprint density at radius 1 is 0.828 bits per heavy atom. The standard InChI is InChI=1S/C27H42N2/c1-4-5-6-7-8-9-10-11-12-13-22-29-23-20-26(21-24-29)15-14-25-16-18-27(19-17-25)28(2)3/h14-21,23H,4-13,22,24H2,1-3H3. The molecule has 1 aromatic rings. The van der Waals surface area contributed by atoms with Crippen molar-refractivity contribution < 1.29 is 0 Å². The second kappa shape index (κ2) is 14.1. The molecule has 1 aliphatic heterocycles. The molecule has 1 aliphatic rings. The molecule has 0 amide bonds. The van der Waals surface area contributed by atoms with Crippen LogP contribution >= 0.6 is 0 Å². The van der Waals surface area contributed by atoms with Gasteiger partial charge >= 0.3 is 0 Å². The molecule has 0 aromatic heterocycles. The SMILES string of the molecule is CCCCCCCCCCCCN1C=CC(C=Cc2ccc(N(C)C)cc2)=CC1. The van der Waals surface area contributed by atoms with E-state index in [0.717, 1.165) is 6.54 Å². The maximum Gasteiger partial charge on any atom is 0.0362 e. The zero-order valence-electron chi connectivity index (χ0n) is 19.1. The number of allylic oxidation sites excluding steroid dienone is 3. The maximum absolute atomic E-state index is 2.44. The van der Waals surface area contributed by atoms with E-state index in [9.17, 15) is 0 Å². The van der Waals surface area contributed by atoms with Crippen LogP contribution in [0.25, 0.3) is 6.08 Å². The highest BCUT2D eigenvalue weighted by Gasteiger charge is 2.03. The van der Waals surface area contributed by atoms with E-state index in [0.29, 0.717) is 0 Å². The molecule has 1 heterocycles. The molecule has 0 saturated heterocycles. The number of rotatable bonds is 14. The van der Waals surface area contributed by atoms with E-state index < -0.39 is 0 Å². The molecule has 0 unspecified atom stereocenters. The molecule has 2 heteroatoms. The summed E-state index contributed by atoms with van der Waals surface area (Å²) in [5.41, 5.74) is 3.79. The Balaban J connectivity index is 1.55. The lowest BCUT2D eigenvalue weighted by Crippen LogP contribution is -2.20. The molecule has 2 nitrogen and oxygen atoms in total. The van der Waals surface area contributed by atoms with Gasteiger partial charge in [-0.05, 0) is 42.0 Å². The minimum absolute atomic E-state index is 1.03. The van der Waals surface area contributed by atoms with Gasteiger partial charge < -0.3 is 9.80 Å². The number of anilines is 1. The summed E-state index contributed by atoms with van der Waals surface area (Å²) >= 11 is 0. The summed E-state index contributed by atoms with van der Waals surface area (Å²) in [6.45, 7) is 4.51. The summed E-state index contributed by atoms with van der Waals surface area (Å²) in [4.78, 5) is 4.57. The van der Waals surface area contributed by atoms with Gasteiger partial charge in [0.2, 0.25) is 0 Å². The molecule has 0 atom stereocenters. The van der Waals surface area contributed by atoms with Gasteiger partial charge in [0.25, 0.3) is 0 Å². The maximum atomic E-state index is 2.44. The van der Waals surface area contributed by atoms with Crippen LogP contribution in [0, 0.1) is 0 Å². The van der Waals surface area contributed by atoms with E-state index in [1.54, 1.807) is 0 Å². The van der Waals surface area contributed by atoms with Crippen LogP contribution in [0.3, 0.4) is 0 Å². The molecule has 160 valence electrons. The van der Waals surface area contributed by atoms with Crippen molar-refractivity contribution in [3.8, 4) is 0 Å². The number of hydrogen-bond acceptors (Lipinski definition) is 2. The minimum Gasteiger partial charge on any atom is -0.378 e. The average molecular weight is 395 g/mol. The monoisotopic (exact) mass is 394 g/mol. The second-order valence-corrected chi connectivity index (χ2v) is 8.52. The van der Waals surface area contributed by atoms with Gasteiger partial charge in [0.05, 0.1) is 0 Å². The summed E-state index contributed by atoms with van der Waals surface area (Å²) < 4.78 is 0.